The lowest BCUT2D eigenvalue weighted by atomic mass is 9.99. The Labute approximate surface area is 160 Å². The molecule has 1 aliphatic rings. The lowest BCUT2D eigenvalue weighted by Crippen LogP contribution is -2.49. The van der Waals surface area contributed by atoms with E-state index in [1.807, 2.05) is 23.7 Å². The molecule has 1 aromatic carbocycles. The first-order valence-corrected chi connectivity index (χ1v) is 10.1. The summed E-state index contributed by atoms with van der Waals surface area (Å²) in [4.78, 5) is 6.37. The van der Waals surface area contributed by atoms with Crippen molar-refractivity contribution in [3.63, 3.8) is 0 Å². The summed E-state index contributed by atoms with van der Waals surface area (Å²) in [6, 6.07) is 6.46. The average molecular weight is 384 g/mol. The molecule has 1 saturated heterocycles. The summed E-state index contributed by atoms with van der Waals surface area (Å²) in [6.07, 6.45) is 2.10. The van der Waals surface area contributed by atoms with Gasteiger partial charge in [0.1, 0.15) is 6.61 Å². The molecule has 0 unspecified atom stereocenters. The number of nitrogens with one attached hydrogen (secondary N) is 1. The Bertz CT molecular complexity index is 574. The lowest BCUT2D eigenvalue weighted by molar-refractivity contribution is 0.0780. The smallest absolute Gasteiger partial charge is 0.193 e. The molecule has 0 spiro atoms. The zero-order valence-corrected chi connectivity index (χ0v) is 16.8. The van der Waals surface area contributed by atoms with E-state index in [1.165, 1.54) is 6.07 Å². The summed E-state index contributed by atoms with van der Waals surface area (Å²) >= 11 is 2.00. The molecule has 1 aromatic rings. The van der Waals surface area contributed by atoms with Crippen molar-refractivity contribution in [1.82, 2.24) is 10.2 Å². The highest BCUT2D eigenvalue weighted by atomic mass is 32.2. The van der Waals surface area contributed by atoms with Crippen LogP contribution in [0.4, 0.5) is 4.39 Å². The number of hydrogen-bond donors (Lipinski definition) is 1. The average Bonchev–Trinajstić information content (AvgIpc) is 2.65. The molecule has 1 aliphatic heterocycles. The van der Waals surface area contributed by atoms with E-state index in [0.717, 1.165) is 44.3 Å². The molecule has 5 nitrogen and oxygen atoms in total. The molecular formula is C19H30FN3O2S. The summed E-state index contributed by atoms with van der Waals surface area (Å²) in [5.41, 5.74) is 0. The number of rotatable bonds is 8. The zero-order chi connectivity index (χ0) is 18.8. The van der Waals surface area contributed by atoms with E-state index in [-0.39, 0.29) is 16.3 Å². The maximum absolute atomic E-state index is 13.6. The normalized spacial score (nSPS) is 17.0. The van der Waals surface area contributed by atoms with E-state index in [4.69, 9.17) is 9.47 Å². The van der Waals surface area contributed by atoms with Gasteiger partial charge in [-0.3, -0.25) is 4.99 Å². The van der Waals surface area contributed by atoms with E-state index < -0.39 is 0 Å². The Kier molecular flexibility index (Phi) is 8.51. The second-order valence-electron chi connectivity index (χ2n) is 6.33. The van der Waals surface area contributed by atoms with E-state index in [0.29, 0.717) is 13.2 Å². The SMILES string of the molecule is CCSC1(CNC(=NC)N(C)CCOc2ccccc2F)CCOCC1. The number of guanidine groups is 1. The van der Waals surface area contributed by atoms with Crippen molar-refractivity contribution in [2.45, 2.75) is 24.5 Å². The van der Waals surface area contributed by atoms with Crippen molar-refractivity contribution >= 4 is 17.7 Å². The maximum atomic E-state index is 13.6. The molecule has 0 amide bonds. The highest BCUT2D eigenvalue weighted by molar-refractivity contribution is 8.00. The molecule has 146 valence electrons. The van der Waals surface area contributed by atoms with Crippen LogP contribution in [0.25, 0.3) is 0 Å². The summed E-state index contributed by atoms with van der Waals surface area (Å²) in [5.74, 6) is 1.86. The van der Waals surface area contributed by atoms with E-state index in [9.17, 15) is 4.39 Å². The second-order valence-corrected chi connectivity index (χ2v) is 8.06. The first kappa shape index (κ1) is 20.8. The van der Waals surface area contributed by atoms with Gasteiger partial charge >= 0.3 is 0 Å². The van der Waals surface area contributed by atoms with Crippen molar-refractivity contribution in [1.29, 1.82) is 0 Å². The predicted octanol–water partition coefficient (Wildman–Crippen LogP) is 3.01. The van der Waals surface area contributed by atoms with Crippen LogP contribution >= 0.6 is 11.8 Å². The van der Waals surface area contributed by atoms with Gasteiger partial charge in [-0.15, -0.1) is 0 Å². The number of ether oxygens (including phenoxy) is 2. The molecule has 0 aromatic heterocycles. The fraction of sp³-hybridized carbons (Fsp3) is 0.632. The van der Waals surface area contributed by atoms with Gasteiger partial charge in [-0.1, -0.05) is 19.1 Å². The van der Waals surface area contributed by atoms with Crippen LogP contribution < -0.4 is 10.1 Å². The third kappa shape index (κ3) is 6.06. The van der Waals surface area contributed by atoms with Crippen LogP contribution in [0, 0.1) is 5.82 Å². The van der Waals surface area contributed by atoms with Gasteiger partial charge in [0.05, 0.1) is 6.54 Å². The summed E-state index contributed by atoms with van der Waals surface area (Å²) in [6.45, 7) is 5.70. The van der Waals surface area contributed by atoms with Crippen LogP contribution in [0.15, 0.2) is 29.3 Å². The topological polar surface area (TPSA) is 46.1 Å². The van der Waals surface area contributed by atoms with Gasteiger partial charge in [0.25, 0.3) is 0 Å². The van der Waals surface area contributed by atoms with Crippen LogP contribution in [0.5, 0.6) is 5.75 Å². The van der Waals surface area contributed by atoms with Crippen molar-refractivity contribution in [2.75, 3.05) is 52.8 Å². The monoisotopic (exact) mass is 383 g/mol. The minimum absolute atomic E-state index is 0.202. The highest BCUT2D eigenvalue weighted by Crippen LogP contribution is 2.34. The van der Waals surface area contributed by atoms with Crippen LogP contribution in [-0.2, 0) is 4.74 Å². The largest absolute Gasteiger partial charge is 0.489 e. The van der Waals surface area contributed by atoms with Crippen molar-refractivity contribution in [3.05, 3.63) is 30.1 Å². The highest BCUT2D eigenvalue weighted by Gasteiger charge is 2.32. The summed E-state index contributed by atoms with van der Waals surface area (Å²) < 4.78 is 24.9. The zero-order valence-electron chi connectivity index (χ0n) is 16.0. The number of halogens is 1. The van der Waals surface area contributed by atoms with Crippen molar-refractivity contribution in [3.8, 4) is 5.75 Å². The fourth-order valence-electron chi connectivity index (χ4n) is 3.01. The quantitative estimate of drug-likeness (QED) is 0.552. The second kappa shape index (κ2) is 10.6. The number of nitrogens with zero attached hydrogens (tertiary/aromatic N) is 2. The molecule has 2 rings (SSSR count). The Morgan fingerprint density at radius 3 is 2.77 bits per heavy atom. The molecule has 0 aliphatic carbocycles. The first-order valence-electron chi connectivity index (χ1n) is 9.11. The number of para-hydroxylation sites is 1. The lowest BCUT2D eigenvalue weighted by Gasteiger charge is -2.37. The first-order chi connectivity index (χ1) is 12.6. The Balaban J connectivity index is 1.82. The van der Waals surface area contributed by atoms with Gasteiger partial charge in [0, 0.05) is 38.6 Å². The number of aliphatic imine (C=N–C) groups is 1. The Morgan fingerprint density at radius 1 is 1.38 bits per heavy atom. The van der Waals surface area contributed by atoms with Crippen LogP contribution in [0.2, 0.25) is 0 Å². The Hall–Kier alpha value is -1.47. The molecule has 0 bridgehead atoms. The number of likely N-dealkylation sites (N-methyl/N-ethyl adjacent to an activating group) is 1. The van der Waals surface area contributed by atoms with Gasteiger partial charge in [0.15, 0.2) is 17.5 Å². The fourth-order valence-corrected chi connectivity index (χ4v) is 4.25. The molecule has 0 radical (unpaired) electrons. The van der Waals surface area contributed by atoms with Crippen LogP contribution in [0.1, 0.15) is 19.8 Å². The van der Waals surface area contributed by atoms with E-state index in [2.05, 4.69) is 17.2 Å². The van der Waals surface area contributed by atoms with Crippen LogP contribution in [-0.4, -0.2) is 68.4 Å². The minimum atomic E-state index is -0.337. The third-order valence-corrected chi connectivity index (χ3v) is 5.97. The Morgan fingerprint density at radius 2 is 2.12 bits per heavy atom. The molecule has 7 heteroatoms. The van der Waals surface area contributed by atoms with Gasteiger partial charge in [-0.2, -0.15) is 11.8 Å². The number of benzene rings is 1. The van der Waals surface area contributed by atoms with Gasteiger partial charge in [-0.05, 0) is 30.7 Å². The standard InChI is InChI=1S/C19H30FN3O2S/c1-4-26-19(9-12-24-13-10-19)15-22-18(21-2)23(3)11-14-25-17-8-6-5-7-16(17)20/h5-8H,4,9-15H2,1-3H3,(H,21,22). The van der Waals surface area contributed by atoms with Gasteiger partial charge in [-0.25, -0.2) is 4.39 Å². The van der Waals surface area contributed by atoms with E-state index in [1.54, 1.807) is 25.2 Å². The number of hydrogen-bond acceptors (Lipinski definition) is 4. The minimum Gasteiger partial charge on any atom is -0.489 e. The van der Waals surface area contributed by atoms with Gasteiger partial charge < -0.3 is 19.7 Å². The molecule has 1 N–H and O–H groups in total. The van der Waals surface area contributed by atoms with E-state index >= 15 is 0 Å². The summed E-state index contributed by atoms with van der Waals surface area (Å²) in [7, 11) is 3.74. The third-order valence-electron chi connectivity index (χ3n) is 4.52. The molecule has 0 atom stereocenters. The van der Waals surface area contributed by atoms with Crippen LogP contribution in [0.3, 0.4) is 0 Å². The molecule has 0 saturated carbocycles. The van der Waals surface area contributed by atoms with Gasteiger partial charge in [0.2, 0.25) is 0 Å². The molecule has 1 heterocycles. The van der Waals surface area contributed by atoms with Crippen molar-refractivity contribution < 1.29 is 13.9 Å². The molecule has 26 heavy (non-hydrogen) atoms. The maximum Gasteiger partial charge on any atom is 0.193 e. The molecular weight excluding hydrogens is 353 g/mol. The predicted molar refractivity (Wildman–Crippen MR) is 107 cm³/mol. The summed E-state index contributed by atoms with van der Waals surface area (Å²) in [5, 5.41) is 3.49. The number of thioether (sulfide) groups is 1. The molecule has 1 fully saturated rings. The van der Waals surface area contributed by atoms with Crippen molar-refractivity contribution in [2.24, 2.45) is 4.99 Å².